The molecule has 3 heterocycles. The van der Waals surface area contributed by atoms with Crippen LogP contribution in [0.15, 0.2) is 33.6 Å². The first-order chi connectivity index (χ1) is 13.1. The first kappa shape index (κ1) is 18.4. The molecule has 5 nitrogen and oxygen atoms in total. The van der Waals surface area contributed by atoms with E-state index < -0.39 is 0 Å². The summed E-state index contributed by atoms with van der Waals surface area (Å²) < 4.78 is 1.09. The Balaban J connectivity index is 1.46. The van der Waals surface area contributed by atoms with Gasteiger partial charge in [-0.25, -0.2) is 0 Å². The van der Waals surface area contributed by atoms with Crippen LogP contribution in [0.5, 0.6) is 0 Å². The van der Waals surface area contributed by atoms with Crippen molar-refractivity contribution in [1.29, 1.82) is 0 Å². The van der Waals surface area contributed by atoms with E-state index in [0.29, 0.717) is 5.71 Å². The summed E-state index contributed by atoms with van der Waals surface area (Å²) in [4.78, 5) is 18.0. The van der Waals surface area contributed by atoms with E-state index in [9.17, 15) is 10.0 Å². The van der Waals surface area contributed by atoms with Gasteiger partial charge in [-0.2, -0.15) is 0 Å². The van der Waals surface area contributed by atoms with Gasteiger partial charge in [-0.1, -0.05) is 17.3 Å². The van der Waals surface area contributed by atoms with Gasteiger partial charge in [-0.3, -0.25) is 4.79 Å². The lowest BCUT2D eigenvalue weighted by Crippen LogP contribution is -2.48. The number of nitrogens with zero attached hydrogens (tertiary/aromatic N) is 3. The molecule has 1 aromatic carbocycles. The van der Waals surface area contributed by atoms with Crippen LogP contribution < -0.4 is 4.90 Å². The lowest BCUT2D eigenvalue weighted by atomic mass is 10.1. The summed E-state index contributed by atoms with van der Waals surface area (Å²) in [5, 5.41) is 12.6. The fourth-order valence-electron chi connectivity index (χ4n) is 3.63. The van der Waals surface area contributed by atoms with Crippen LogP contribution in [-0.4, -0.2) is 53.7 Å². The van der Waals surface area contributed by atoms with Gasteiger partial charge in [0.1, 0.15) is 0 Å². The molecule has 1 fully saturated rings. The second-order valence-electron chi connectivity index (χ2n) is 7.03. The molecule has 0 spiro atoms. The van der Waals surface area contributed by atoms with Gasteiger partial charge >= 0.3 is 0 Å². The molecule has 2 aliphatic heterocycles. The number of hydrogen-bond donors (Lipinski definition) is 1. The Labute approximate surface area is 167 Å². The molecule has 0 bridgehead atoms. The topological polar surface area (TPSA) is 56.1 Å². The van der Waals surface area contributed by atoms with Crippen molar-refractivity contribution in [2.24, 2.45) is 5.16 Å². The molecule has 0 radical (unpaired) electrons. The van der Waals surface area contributed by atoms with E-state index >= 15 is 0 Å². The third-order valence-electron chi connectivity index (χ3n) is 5.18. The van der Waals surface area contributed by atoms with Gasteiger partial charge in [-0.05, 0) is 37.1 Å². The lowest BCUT2D eigenvalue weighted by Gasteiger charge is -2.36. The van der Waals surface area contributed by atoms with Crippen LogP contribution in [0, 0.1) is 13.8 Å². The molecule has 1 saturated heterocycles. The number of piperazine rings is 1. The maximum atomic E-state index is 13.0. The van der Waals surface area contributed by atoms with Gasteiger partial charge in [0.2, 0.25) is 0 Å². The highest BCUT2D eigenvalue weighted by Crippen LogP contribution is 2.38. The zero-order valence-electron chi connectivity index (χ0n) is 15.6. The molecule has 142 valence electrons. The van der Waals surface area contributed by atoms with Crippen molar-refractivity contribution in [3.63, 3.8) is 0 Å². The van der Waals surface area contributed by atoms with E-state index in [4.69, 9.17) is 0 Å². The van der Waals surface area contributed by atoms with Crippen molar-refractivity contribution in [1.82, 2.24) is 4.90 Å². The molecule has 0 saturated carbocycles. The lowest BCUT2D eigenvalue weighted by molar-refractivity contribution is 0.0751. The van der Waals surface area contributed by atoms with Gasteiger partial charge in [0.15, 0.2) is 0 Å². The van der Waals surface area contributed by atoms with Gasteiger partial charge in [0, 0.05) is 49.6 Å². The van der Waals surface area contributed by atoms with Crippen LogP contribution >= 0.6 is 23.1 Å². The first-order valence-corrected chi connectivity index (χ1v) is 11.0. The number of carbonyl (C=O) groups is 1. The molecule has 2 aliphatic rings. The minimum Gasteiger partial charge on any atom is -0.411 e. The second-order valence-corrected chi connectivity index (χ2v) is 9.44. The molecule has 0 atom stereocenters. The maximum absolute atomic E-state index is 13.0. The highest BCUT2D eigenvalue weighted by Gasteiger charge is 2.27. The van der Waals surface area contributed by atoms with Crippen LogP contribution in [0.1, 0.15) is 32.8 Å². The number of hydrogen-bond acceptors (Lipinski definition) is 6. The summed E-state index contributed by atoms with van der Waals surface area (Å²) in [6.07, 6.45) is 0.743. The molecular weight excluding hydrogens is 378 g/mol. The molecule has 0 unspecified atom stereocenters. The number of carbonyl (C=O) groups excluding carboxylic acids is 1. The number of oxime groups is 1. The molecule has 0 aliphatic carbocycles. The van der Waals surface area contributed by atoms with Crippen LogP contribution in [0.2, 0.25) is 0 Å². The van der Waals surface area contributed by atoms with Gasteiger partial charge in [0.05, 0.1) is 14.8 Å². The Morgan fingerprint density at radius 3 is 2.67 bits per heavy atom. The monoisotopic (exact) mass is 401 g/mol. The van der Waals surface area contributed by atoms with E-state index in [1.807, 2.05) is 11.0 Å². The number of anilines is 1. The van der Waals surface area contributed by atoms with Crippen molar-refractivity contribution in [3.8, 4) is 0 Å². The second kappa shape index (κ2) is 7.56. The largest absolute Gasteiger partial charge is 0.411 e. The third kappa shape index (κ3) is 3.58. The van der Waals surface area contributed by atoms with Crippen molar-refractivity contribution in [3.05, 3.63) is 45.8 Å². The van der Waals surface area contributed by atoms with Crippen LogP contribution in [-0.2, 0) is 0 Å². The van der Waals surface area contributed by atoms with E-state index in [-0.39, 0.29) is 5.91 Å². The average molecular weight is 402 g/mol. The van der Waals surface area contributed by atoms with E-state index in [1.165, 1.54) is 28.2 Å². The summed E-state index contributed by atoms with van der Waals surface area (Å²) in [6.45, 7) is 7.40. The first-order valence-electron chi connectivity index (χ1n) is 9.16. The van der Waals surface area contributed by atoms with Gasteiger partial charge in [0.25, 0.3) is 5.91 Å². The predicted molar refractivity (Wildman–Crippen MR) is 112 cm³/mol. The SMILES string of the molecule is Cc1ccc(C)c(N2CCN(C(=O)c3cc4c(s3)SCCC4=NO)CC2)c1. The molecule has 1 N–H and O–H groups in total. The highest BCUT2D eigenvalue weighted by atomic mass is 32.2. The zero-order chi connectivity index (χ0) is 19.0. The van der Waals surface area contributed by atoms with Crippen molar-refractivity contribution >= 4 is 40.4 Å². The summed E-state index contributed by atoms with van der Waals surface area (Å²) in [5.41, 5.74) is 5.43. The zero-order valence-corrected chi connectivity index (χ0v) is 17.2. The van der Waals surface area contributed by atoms with E-state index in [2.05, 4.69) is 42.1 Å². The number of benzene rings is 1. The maximum Gasteiger partial charge on any atom is 0.264 e. The Morgan fingerprint density at radius 2 is 1.93 bits per heavy atom. The Hall–Kier alpha value is -1.99. The quantitative estimate of drug-likeness (QED) is 0.610. The van der Waals surface area contributed by atoms with Crippen molar-refractivity contribution in [2.45, 2.75) is 24.5 Å². The normalized spacial score (nSPS) is 18.7. The number of fused-ring (bicyclic) bond motifs is 1. The standard InChI is InChI=1S/C20H23N3O2S2/c1-13-3-4-14(2)17(11-13)22-6-8-23(9-7-22)19(24)18-12-15-16(21-25)5-10-26-20(15)27-18/h3-4,11-12,25H,5-10H2,1-2H3. The number of thiophene rings is 1. The molecule has 1 amide bonds. The van der Waals surface area contributed by atoms with Crippen LogP contribution in [0.4, 0.5) is 5.69 Å². The van der Waals surface area contributed by atoms with E-state index in [0.717, 1.165) is 53.0 Å². The summed E-state index contributed by atoms with van der Waals surface area (Å²) >= 11 is 3.26. The number of aryl methyl sites for hydroxylation is 2. The molecule has 2 aromatic rings. The fraction of sp³-hybridized carbons (Fsp3) is 0.400. The van der Waals surface area contributed by atoms with Gasteiger partial charge in [-0.15, -0.1) is 23.1 Å². The summed E-state index contributed by atoms with van der Waals surface area (Å²) in [7, 11) is 0. The Kier molecular flexibility index (Phi) is 5.14. The Bertz CT molecular complexity index is 899. The highest BCUT2D eigenvalue weighted by molar-refractivity contribution is 8.01. The van der Waals surface area contributed by atoms with Crippen molar-refractivity contribution < 1.29 is 10.0 Å². The van der Waals surface area contributed by atoms with E-state index in [1.54, 1.807) is 11.8 Å². The average Bonchev–Trinajstić information content (AvgIpc) is 3.14. The Morgan fingerprint density at radius 1 is 1.15 bits per heavy atom. The van der Waals surface area contributed by atoms with Crippen LogP contribution in [0.3, 0.4) is 0 Å². The summed E-state index contributed by atoms with van der Waals surface area (Å²) in [6, 6.07) is 8.43. The summed E-state index contributed by atoms with van der Waals surface area (Å²) in [5.74, 6) is 0.989. The van der Waals surface area contributed by atoms with Crippen LogP contribution in [0.25, 0.3) is 0 Å². The fourth-order valence-corrected chi connectivity index (χ4v) is 6.08. The molecule has 27 heavy (non-hydrogen) atoms. The smallest absolute Gasteiger partial charge is 0.264 e. The van der Waals surface area contributed by atoms with Gasteiger partial charge < -0.3 is 15.0 Å². The molecule has 7 heteroatoms. The minimum absolute atomic E-state index is 0.0907. The third-order valence-corrected chi connectivity index (χ3v) is 7.60. The van der Waals surface area contributed by atoms with Crippen molar-refractivity contribution in [2.75, 3.05) is 36.8 Å². The number of thioether (sulfide) groups is 1. The minimum atomic E-state index is 0.0907. The molecule has 4 rings (SSSR count). The number of amides is 1. The number of rotatable bonds is 2. The predicted octanol–water partition coefficient (Wildman–Crippen LogP) is 4.00. The molecular formula is C20H23N3O2S2. The molecule has 1 aromatic heterocycles.